The number of benzene rings is 2. The number of ether oxygens (including phenoxy) is 2. The Morgan fingerprint density at radius 3 is 1.83 bits per heavy atom. The average Bonchev–Trinajstić information content (AvgIpc) is 3.16. The van der Waals surface area contributed by atoms with E-state index < -0.39 is 22.8 Å². The van der Waals surface area contributed by atoms with E-state index in [1.807, 2.05) is 18.2 Å². The Morgan fingerprint density at radius 1 is 0.712 bits per heavy atom. The van der Waals surface area contributed by atoms with Crippen LogP contribution in [0.5, 0.6) is 23.0 Å². The normalized spacial score (nSPS) is 10.9. The number of para-hydroxylation sites is 2. The maximum absolute atomic E-state index is 13.8. The van der Waals surface area contributed by atoms with Crippen LogP contribution in [0.3, 0.4) is 0 Å². The second-order valence-corrected chi connectivity index (χ2v) is 11.4. The highest BCUT2D eigenvalue weighted by molar-refractivity contribution is 7.94. The van der Waals surface area contributed by atoms with E-state index in [1.54, 1.807) is 37.6 Å². The van der Waals surface area contributed by atoms with Crippen molar-refractivity contribution in [2.45, 2.75) is 11.7 Å². The lowest BCUT2D eigenvalue weighted by atomic mass is 10.3. The first-order chi connectivity index (χ1) is 25.2. The summed E-state index contributed by atoms with van der Waals surface area (Å²) in [4.78, 5) is 50.7. The van der Waals surface area contributed by atoms with Gasteiger partial charge in [0.25, 0.3) is 11.1 Å². The standard InChI is InChI=1S/C20H16FN5O2.C15H12FN3O4S/c1-26-18-13(10-17(19(26)27)28-16-8-3-2-7-15(16)21)11-23-20(25-18)24-12-14-6-4-5-9-22-14;1-19-13-9(8-17-15(18-13)24-23-21-2)7-12(14(19)20)22-11-6-4-3-5-10(11)16/h2-11H,12H2,1H3,(H,23,24,25);3-8H,1-2H3. The minimum atomic E-state index is -0.556. The summed E-state index contributed by atoms with van der Waals surface area (Å²) in [5.74, 6) is -0.806. The van der Waals surface area contributed by atoms with Gasteiger partial charge in [0.05, 0.1) is 19.3 Å². The highest BCUT2D eigenvalue weighted by Crippen LogP contribution is 2.26. The molecule has 5 aromatic heterocycles. The van der Waals surface area contributed by atoms with Crippen LogP contribution in [0.1, 0.15) is 5.69 Å². The molecule has 264 valence electrons. The predicted molar refractivity (Wildman–Crippen MR) is 188 cm³/mol. The summed E-state index contributed by atoms with van der Waals surface area (Å²) in [7, 11) is 4.47. The predicted octanol–water partition coefficient (Wildman–Crippen LogP) is 6.11. The summed E-state index contributed by atoms with van der Waals surface area (Å²) < 4.78 is 45.8. The fraction of sp³-hybridized carbons (Fsp3) is 0.114. The topological polar surface area (TPSA) is 157 Å². The van der Waals surface area contributed by atoms with Crippen molar-refractivity contribution >= 4 is 40.1 Å². The molecule has 0 atom stereocenters. The Hall–Kier alpha value is -6.30. The minimum absolute atomic E-state index is 0.00195. The first-order valence-corrected chi connectivity index (χ1v) is 16.1. The number of aromatic nitrogens is 7. The van der Waals surface area contributed by atoms with Gasteiger partial charge in [0.2, 0.25) is 11.1 Å². The quantitative estimate of drug-likeness (QED) is 0.0746. The zero-order chi connectivity index (χ0) is 36.6. The van der Waals surface area contributed by atoms with E-state index in [2.05, 4.69) is 35.1 Å². The Labute approximate surface area is 297 Å². The van der Waals surface area contributed by atoms with Gasteiger partial charge in [-0.2, -0.15) is 9.32 Å². The van der Waals surface area contributed by atoms with Gasteiger partial charge in [-0.3, -0.25) is 23.7 Å². The molecule has 2 aromatic carbocycles. The molecule has 1 N–H and O–H groups in total. The van der Waals surface area contributed by atoms with Crippen molar-refractivity contribution in [1.82, 2.24) is 34.1 Å². The van der Waals surface area contributed by atoms with Crippen molar-refractivity contribution in [3.63, 3.8) is 0 Å². The van der Waals surface area contributed by atoms with Gasteiger partial charge in [-0.15, -0.1) is 0 Å². The first kappa shape index (κ1) is 35.5. The maximum Gasteiger partial charge on any atom is 0.294 e. The van der Waals surface area contributed by atoms with Crippen molar-refractivity contribution in [3.8, 4) is 23.0 Å². The maximum atomic E-state index is 13.8. The molecule has 0 saturated carbocycles. The Bertz CT molecular complexity index is 2490. The monoisotopic (exact) mass is 726 g/mol. The van der Waals surface area contributed by atoms with E-state index in [0.717, 1.165) is 17.7 Å². The number of pyridine rings is 3. The summed E-state index contributed by atoms with van der Waals surface area (Å²) in [6.45, 7) is 0.453. The summed E-state index contributed by atoms with van der Waals surface area (Å²) in [6, 6.07) is 20.4. The Kier molecular flexibility index (Phi) is 11.0. The number of fused-ring (bicyclic) bond motifs is 2. The molecule has 52 heavy (non-hydrogen) atoms. The molecule has 0 saturated heterocycles. The lowest BCUT2D eigenvalue weighted by Gasteiger charge is -2.11. The number of anilines is 1. The number of hydrogen-bond donors (Lipinski definition) is 1. The SMILES string of the molecule is COOSc1ncc2cc(Oc3ccccc3F)c(=O)n(C)c2n1.Cn1c(=O)c(Oc2ccccc2F)cc2cnc(NCc3ccccn3)nc21. The molecule has 0 amide bonds. The number of halogens is 2. The zero-order valence-corrected chi connectivity index (χ0v) is 28.5. The van der Waals surface area contributed by atoms with E-state index in [0.29, 0.717) is 34.6 Å². The minimum Gasteiger partial charge on any atom is -0.448 e. The fourth-order valence-electron chi connectivity index (χ4n) is 4.72. The molecule has 0 aliphatic rings. The van der Waals surface area contributed by atoms with Crippen molar-refractivity contribution in [2.24, 2.45) is 14.1 Å². The first-order valence-electron chi connectivity index (χ1n) is 15.3. The highest BCUT2D eigenvalue weighted by atomic mass is 32.2. The van der Waals surface area contributed by atoms with Gasteiger partial charge in [0.15, 0.2) is 34.6 Å². The molecular formula is C35H28F2N8O6S. The second-order valence-electron chi connectivity index (χ2n) is 10.7. The second kappa shape index (κ2) is 16.2. The Balaban J connectivity index is 0.000000181. The van der Waals surface area contributed by atoms with Crippen LogP contribution in [0.25, 0.3) is 22.1 Å². The van der Waals surface area contributed by atoms with Crippen LogP contribution in [0.15, 0.2) is 112 Å². The Morgan fingerprint density at radius 2 is 1.27 bits per heavy atom. The van der Waals surface area contributed by atoms with Crippen LogP contribution in [0, 0.1) is 11.6 Å². The van der Waals surface area contributed by atoms with Gasteiger partial charge in [-0.25, -0.2) is 28.6 Å². The molecule has 0 aliphatic heterocycles. The fourth-order valence-corrected chi connectivity index (χ4v) is 5.07. The number of nitrogens with zero attached hydrogens (tertiary/aromatic N) is 7. The van der Waals surface area contributed by atoms with Gasteiger partial charge in [0.1, 0.15) is 23.3 Å². The third-order valence-corrected chi connectivity index (χ3v) is 7.80. The molecule has 14 nitrogen and oxygen atoms in total. The smallest absolute Gasteiger partial charge is 0.294 e. The van der Waals surface area contributed by atoms with Gasteiger partial charge in [-0.1, -0.05) is 30.3 Å². The van der Waals surface area contributed by atoms with Gasteiger partial charge < -0.3 is 14.8 Å². The molecule has 0 radical (unpaired) electrons. The van der Waals surface area contributed by atoms with Crippen molar-refractivity contribution in [3.05, 3.63) is 135 Å². The molecule has 5 heterocycles. The van der Waals surface area contributed by atoms with Gasteiger partial charge >= 0.3 is 0 Å². The van der Waals surface area contributed by atoms with E-state index in [9.17, 15) is 18.4 Å². The summed E-state index contributed by atoms with van der Waals surface area (Å²) in [6.07, 6.45) is 4.80. The number of hydrogen-bond acceptors (Lipinski definition) is 13. The summed E-state index contributed by atoms with van der Waals surface area (Å²) in [5, 5.41) is 4.52. The summed E-state index contributed by atoms with van der Waals surface area (Å²) >= 11 is 0.818. The van der Waals surface area contributed by atoms with E-state index in [4.69, 9.17) is 13.8 Å². The molecule has 0 spiro atoms. The van der Waals surface area contributed by atoms with Crippen molar-refractivity contribution in [1.29, 1.82) is 0 Å². The highest BCUT2D eigenvalue weighted by Gasteiger charge is 2.15. The third kappa shape index (κ3) is 8.18. The summed E-state index contributed by atoms with van der Waals surface area (Å²) in [5.41, 5.74) is 0.786. The van der Waals surface area contributed by atoms with E-state index in [-0.39, 0.29) is 28.2 Å². The zero-order valence-electron chi connectivity index (χ0n) is 27.7. The van der Waals surface area contributed by atoms with Crippen molar-refractivity contribution < 1.29 is 27.5 Å². The van der Waals surface area contributed by atoms with Crippen molar-refractivity contribution in [2.75, 3.05) is 12.4 Å². The number of rotatable bonds is 10. The largest absolute Gasteiger partial charge is 0.448 e. The average molecular weight is 727 g/mol. The molecule has 0 unspecified atom stereocenters. The molecular weight excluding hydrogens is 698 g/mol. The molecule has 17 heteroatoms. The number of nitrogens with one attached hydrogen (secondary N) is 1. The van der Waals surface area contributed by atoms with E-state index in [1.165, 1.54) is 72.0 Å². The van der Waals surface area contributed by atoms with E-state index >= 15 is 0 Å². The molecule has 7 rings (SSSR count). The van der Waals surface area contributed by atoms with Gasteiger partial charge in [0, 0.05) is 43.5 Å². The lowest BCUT2D eigenvalue weighted by Crippen LogP contribution is -2.20. The molecule has 7 aromatic rings. The molecule has 0 bridgehead atoms. The third-order valence-electron chi connectivity index (χ3n) is 7.25. The van der Waals surface area contributed by atoms with Crippen LogP contribution in [-0.2, 0) is 29.9 Å². The molecule has 0 aliphatic carbocycles. The van der Waals surface area contributed by atoms with Crippen LogP contribution in [-0.4, -0.2) is 41.2 Å². The van der Waals surface area contributed by atoms with Gasteiger partial charge in [-0.05, 0) is 48.5 Å². The van der Waals surface area contributed by atoms with Crippen LogP contribution < -0.4 is 25.9 Å². The molecule has 0 fully saturated rings. The van der Waals surface area contributed by atoms with Crippen LogP contribution in [0.4, 0.5) is 14.7 Å². The lowest BCUT2D eigenvalue weighted by molar-refractivity contribution is -0.160. The van der Waals surface area contributed by atoms with Crippen LogP contribution >= 0.6 is 12.0 Å². The van der Waals surface area contributed by atoms with Crippen LogP contribution in [0.2, 0.25) is 0 Å². The number of aryl methyl sites for hydroxylation is 2.